The topological polar surface area (TPSA) is 12.0 Å². The minimum Gasteiger partial charge on any atom is -0.316 e. The van der Waals surface area contributed by atoms with Crippen LogP contribution < -0.4 is 5.32 Å². The number of fused-ring (bicyclic) bond motifs is 1. The fourth-order valence-electron chi connectivity index (χ4n) is 3.21. The molecule has 1 aliphatic carbocycles. The van der Waals surface area contributed by atoms with Gasteiger partial charge in [-0.15, -0.1) is 0 Å². The van der Waals surface area contributed by atoms with Crippen molar-refractivity contribution in [2.75, 3.05) is 13.1 Å². The number of nitrogens with one attached hydrogen (secondary N) is 1. The minimum atomic E-state index is 0.853. The number of hydrogen-bond acceptors (Lipinski definition) is 1. The monoisotopic (exact) mass is 201 g/mol. The van der Waals surface area contributed by atoms with Crippen LogP contribution in [0, 0.1) is 5.92 Å². The Morgan fingerprint density at radius 1 is 1.20 bits per heavy atom. The molecule has 1 aromatic rings. The lowest BCUT2D eigenvalue weighted by Gasteiger charge is -2.15. The average molecular weight is 201 g/mol. The zero-order chi connectivity index (χ0) is 10.1. The Kier molecular flexibility index (Phi) is 2.49. The molecular weight excluding hydrogens is 182 g/mol. The van der Waals surface area contributed by atoms with Crippen molar-refractivity contribution in [3.63, 3.8) is 0 Å². The van der Waals surface area contributed by atoms with Crippen molar-refractivity contribution < 1.29 is 0 Å². The van der Waals surface area contributed by atoms with Crippen LogP contribution in [0.4, 0.5) is 0 Å². The second kappa shape index (κ2) is 3.97. The summed E-state index contributed by atoms with van der Waals surface area (Å²) in [6.07, 6.45) is 5.49. The summed E-state index contributed by atoms with van der Waals surface area (Å²) in [5, 5.41) is 3.47. The van der Waals surface area contributed by atoms with E-state index in [1.807, 2.05) is 0 Å². The number of rotatable bonds is 2. The van der Waals surface area contributed by atoms with Gasteiger partial charge >= 0.3 is 0 Å². The smallest absolute Gasteiger partial charge is 0.00198 e. The first-order valence-corrected chi connectivity index (χ1v) is 6.22. The first kappa shape index (κ1) is 9.41. The third kappa shape index (κ3) is 1.81. The molecule has 1 fully saturated rings. The van der Waals surface area contributed by atoms with Gasteiger partial charge < -0.3 is 5.32 Å². The first-order valence-electron chi connectivity index (χ1n) is 6.22. The highest BCUT2D eigenvalue weighted by atomic mass is 14.9. The van der Waals surface area contributed by atoms with Gasteiger partial charge in [0.05, 0.1) is 0 Å². The molecule has 2 atom stereocenters. The maximum atomic E-state index is 3.47. The molecule has 1 nitrogen and oxygen atoms in total. The van der Waals surface area contributed by atoms with Gasteiger partial charge in [-0.1, -0.05) is 24.3 Å². The van der Waals surface area contributed by atoms with E-state index in [4.69, 9.17) is 0 Å². The molecular formula is C14H19N. The predicted molar refractivity (Wildman–Crippen MR) is 63.1 cm³/mol. The second-order valence-corrected chi connectivity index (χ2v) is 5.03. The summed E-state index contributed by atoms with van der Waals surface area (Å²) >= 11 is 0. The Morgan fingerprint density at radius 2 is 2.13 bits per heavy atom. The highest BCUT2D eigenvalue weighted by Gasteiger charge is 2.26. The van der Waals surface area contributed by atoms with Gasteiger partial charge in [-0.3, -0.25) is 0 Å². The summed E-state index contributed by atoms with van der Waals surface area (Å²) in [5.74, 6) is 1.78. The molecule has 2 unspecified atom stereocenters. The molecule has 1 heterocycles. The molecule has 80 valence electrons. The van der Waals surface area contributed by atoms with Crippen LogP contribution in [-0.2, 0) is 6.42 Å². The standard InChI is InChI=1S/C14H19N/c1-2-4-14-12(3-1)5-6-13(14)9-11-7-8-15-10-11/h1-4,11,13,15H,5-10H2. The molecule has 0 radical (unpaired) electrons. The van der Waals surface area contributed by atoms with E-state index in [0.29, 0.717) is 0 Å². The SMILES string of the molecule is c1ccc2c(c1)CCC2CC1CCNC1. The largest absolute Gasteiger partial charge is 0.316 e. The third-order valence-corrected chi connectivity index (χ3v) is 4.04. The van der Waals surface area contributed by atoms with E-state index in [1.54, 1.807) is 11.1 Å². The van der Waals surface area contributed by atoms with Crippen LogP contribution in [0.2, 0.25) is 0 Å². The van der Waals surface area contributed by atoms with Gasteiger partial charge in [-0.05, 0) is 61.7 Å². The van der Waals surface area contributed by atoms with Gasteiger partial charge in [-0.2, -0.15) is 0 Å². The maximum Gasteiger partial charge on any atom is -0.00198 e. The summed E-state index contributed by atoms with van der Waals surface area (Å²) in [5.41, 5.74) is 3.25. The van der Waals surface area contributed by atoms with E-state index >= 15 is 0 Å². The Balaban J connectivity index is 1.73. The lowest BCUT2D eigenvalue weighted by Crippen LogP contribution is -2.11. The highest BCUT2D eigenvalue weighted by Crippen LogP contribution is 2.38. The minimum absolute atomic E-state index is 0.853. The average Bonchev–Trinajstić information content (AvgIpc) is 2.89. The van der Waals surface area contributed by atoms with Crippen molar-refractivity contribution in [3.8, 4) is 0 Å². The molecule has 1 aromatic carbocycles. The summed E-state index contributed by atoms with van der Waals surface area (Å²) < 4.78 is 0. The van der Waals surface area contributed by atoms with E-state index in [9.17, 15) is 0 Å². The van der Waals surface area contributed by atoms with Crippen LogP contribution >= 0.6 is 0 Å². The summed E-state index contributed by atoms with van der Waals surface area (Å²) in [4.78, 5) is 0. The Hall–Kier alpha value is -0.820. The lowest BCUT2D eigenvalue weighted by molar-refractivity contribution is 0.463. The fourth-order valence-corrected chi connectivity index (χ4v) is 3.21. The zero-order valence-electron chi connectivity index (χ0n) is 9.21. The Bertz CT molecular complexity index is 339. The van der Waals surface area contributed by atoms with Crippen molar-refractivity contribution in [1.82, 2.24) is 5.32 Å². The molecule has 0 bridgehead atoms. The van der Waals surface area contributed by atoms with Crippen LogP contribution in [0.1, 0.15) is 36.3 Å². The molecule has 0 amide bonds. The normalized spacial score (nSPS) is 29.3. The Labute approximate surface area is 91.9 Å². The molecule has 1 N–H and O–H groups in total. The third-order valence-electron chi connectivity index (χ3n) is 4.04. The molecule has 1 heteroatoms. The van der Waals surface area contributed by atoms with Crippen molar-refractivity contribution in [1.29, 1.82) is 0 Å². The number of benzene rings is 1. The van der Waals surface area contributed by atoms with Crippen LogP contribution in [-0.4, -0.2) is 13.1 Å². The quantitative estimate of drug-likeness (QED) is 0.775. The summed E-state index contributed by atoms with van der Waals surface area (Å²) in [6.45, 7) is 2.48. The molecule has 3 rings (SSSR count). The zero-order valence-corrected chi connectivity index (χ0v) is 9.21. The van der Waals surface area contributed by atoms with Gasteiger partial charge in [0.15, 0.2) is 0 Å². The molecule has 1 aliphatic heterocycles. The molecule has 2 aliphatic rings. The molecule has 0 saturated carbocycles. The van der Waals surface area contributed by atoms with Gasteiger partial charge in [0.1, 0.15) is 0 Å². The van der Waals surface area contributed by atoms with E-state index in [1.165, 1.54) is 38.8 Å². The van der Waals surface area contributed by atoms with Crippen LogP contribution in [0.15, 0.2) is 24.3 Å². The van der Waals surface area contributed by atoms with Crippen molar-refractivity contribution in [2.24, 2.45) is 5.92 Å². The number of hydrogen-bond donors (Lipinski definition) is 1. The molecule has 1 saturated heterocycles. The van der Waals surface area contributed by atoms with E-state index in [2.05, 4.69) is 29.6 Å². The van der Waals surface area contributed by atoms with E-state index < -0.39 is 0 Å². The van der Waals surface area contributed by atoms with E-state index in [-0.39, 0.29) is 0 Å². The first-order chi connectivity index (χ1) is 7.43. The predicted octanol–water partition coefficient (Wildman–Crippen LogP) is 2.72. The maximum absolute atomic E-state index is 3.47. The highest BCUT2D eigenvalue weighted by molar-refractivity contribution is 5.34. The Morgan fingerprint density at radius 3 is 3.00 bits per heavy atom. The summed E-state index contributed by atoms with van der Waals surface area (Å²) in [7, 11) is 0. The fraction of sp³-hybridized carbons (Fsp3) is 0.571. The second-order valence-electron chi connectivity index (χ2n) is 5.03. The van der Waals surface area contributed by atoms with Crippen molar-refractivity contribution >= 4 is 0 Å². The molecule has 0 aromatic heterocycles. The van der Waals surface area contributed by atoms with Crippen molar-refractivity contribution in [3.05, 3.63) is 35.4 Å². The van der Waals surface area contributed by atoms with Crippen molar-refractivity contribution in [2.45, 2.75) is 31.6 Å². The van der Waals surface area contributed by atoms with Crippen LogP contribution in [0.5, 0.6) is 0 Å². The van der Waals surface area contributed by atoms with Gasteiger partial charge in [-0.25, -0.2) is 0 Å². The van der Waals surface area contributed by atoms with Crippen LogP contribution in [0.25, 0.3) is 0 Å². The van der Waals surface area contributed by atoms with Gasteiger partial charge in [0, 0.05) is 0 Å². The summed E-state index contributed by atoms with van der Waals surface area (Å²) in [6, 6.07) is 9.03. The van der Waals surface area contributed by atoms with Crippen LogP contribution in [0.3, 0.4) is 0 Å². The molecule has 15 heavy (non-hydrogen) atoms. The molecule has 0 spiro atoms. The van der Waals surface area contributed by atoms with Gasteiger partial charge in [0.2, 0.25) is 0 Å². The van der Waals surface area contributed by atoms with Gasteiger partial charge in [0.25, 0.3) is 0 Å². The van der Waals surface area contributed by atoms with E-state index in [0.717, 1.165) is 11.8 Å². The lowest BCUT2D eigenvalue weighted by atomic mass is 9.89. The number of aryl methyl sites for hydroxylation is 1.